The van der Waals surface area contributed by atoms with Crippen LogP contribution in [0.2, 0.25) is 0 Å². The van der Waals surface area contributed by atoms with Crippen LogP contribution < -0.4 is 4.72 Å². The fourth-order valence-corrected chi connectivity index (χ4v) is 4.18. The van der Waals surface area contributed by atoms with Gasteiger partial charge in [0.2, 0.25) is 5.91 Å². The van der Waals surface area contributed by atoms with Crippen molar-refractivity contribution in [3.63, 3.8) is 0 Å². The first-order valence-electron chi connectivity index (χ1n) is 6.15. The van der Waals surface area contributed by atoms with Gasteiger partial charge in [0, 0.05) is 37.9 Å². The van der Waals surface area contributed by atoms with Crippen molar-refractivity contribution in [3.8, 4) is 0 Å². The summed E-state index contributed by atoms with van der Waals surface area (Å²) in [6.45, 7) is 1.83. The van der Waals surface area contributed by atoms with E-state index in [0.717, 1.165) is 18.2 Å². The molecule has 2 aliphatic rings. The third-order valence-electron chi connectivity index (χ3n) is 3.37. The van der Waals surface area contributed by atoms with Gasteiger partial charge in [0.05, 0.1) is 6.04 Å². The van der Waals surface area contributed by atoms with Gasteiger partial charge in [-0.15, -0.1) is 0 Å². The Bertz CT molecular complexity index is 415. The number of carbonyl (C=O) groups excluding carboxylic acids is 1. The first-order valence-corrected chi connectivity index (χ1v) is 8.71. The lowest BCUT2D eigenvalue weighted by molar-refractivity contribution is -0.133. The predicted molar refractivity (Wildman–Crippen MR) is 71.6 cm³/mol. The molecule has 1 atom stereocenters. The molecule has 0 saturated carbocycles. The summed E-state index contributed by atoms with van der Waals surface area (Å²) < 4.78 is 27.2. The van der Waals surface area contributed by atoms with E-state index >= 15 is 0 Å². The molecule has 1 N–H and O–H groups in total. The number of carbonyl (C=O) groups is 1. The molecule has 8 heteroatoms. The highest BCUT2D eigenvalue weighted by atomic mass is 79.9. The van der Waals surface area contributed by atoms with Crippen molar-refractivity contribution in [3.05, 3.63) is 0 Å². The van der Waals surface area contributed by atoms with Crippen molar-refractivity contribution in [2.75, 3.05) is 31.5 Å². The zero-order chi connectivity index (χ0) is 13.2. The third kappa shape index (κ3) is 3.04. The predicted octanol–water partition coefficient (Wildman–Crippen LogP) is -0.0876. The molecule has 0 radical (unpaired) electrons. The monoisotopic (exact) mass is 339 g/mol. The molecule has 0 aromatic rings. The van der Waals surface area contributed by atoms with Gasteiger partial charge in [-0.3, -0.25) is 4.79 Å². The lowest BCUT2D eigenvalue weighted by atomic mass is 10.1. The maximum absolute atomic E-state index is 11.9. The molecule has 0 aromatic carbocycles. The number of amides is 1. The minimum atomic E-state index is -3.28. The summed E-state index contributed by atoms with van der Waals surface area (Å²) in [6.07, 6.45) is 2.43. The SMILES string of the molecule is O=C(CCCCBr)N1CCN2C(CNS2(=O)=O)C1. The quantitative estimate of drug-likeness (QED) is 0.575. The van der Waals surface area contributed by atoms with E-state index in [1.54, 1.807) is 4.90 Å². The molecule has 0 aromatic heterocycles. The van der Waals surface area contributed by atoms with Crippen LogP contribution in [0.1, 0.15) is 19.3 Å². The maximum Gasteiger partial charge on any atom is 0.279 e. The summed E-state index contributed by atoms with van der Waals surface area (Å²) in [6, 6.07) is -0.0936. The Morgan fingerprint density at radius 3 is 2.83 bits per heavy atom. The van der Waals surface area contributed by atoms with E-state index in [9.17, 15) is 13.2 Å². The van der Waals surface area contributed by atoms with Gasteiger partial charge >= 0.3 is 0 Å². The molecule has 2 aliphatic heterocycles. The Morgan fingerprint density at radius 1 is 1.33 bits per heavy atom. The van der Waals surface area contributed by atoms with Crippen LogP contribution in [-0.2, 0) is 15.0 Å². The van der Waals surface area contributed by atoms with Gasteiger partial charge in [0.15, 0.2) is 0 Å². The minimum Gasteiger partial charge on any atom is -0.340 e. The van der Waals surface area contributed by atoms with Crippen LogP contribution in [0.5, 0.6) is 0 Å². The van der Waals surface area contributed by atoms with Crippen molar-refractivity contribution >= 4 is 32.0 Å². The van der Waals surface area contributed by atoms with Crippen LogP contribution in [0.3, 0.4) is 0 Å². The molecule has 0 aliphatic carbocycles. The fraction of sp³-hybridized carbons (Fsp3) is 0.900. The van der Waals surface area contributed by atoms with E-state index in [-0.39, 0.29) is 11.9 Å². The Labute approximate surface area is 116 Å². The average Bonchev–Trinajstić information content (AvgIpc) is 2.65. The molecule has 0 spiro atoms. The van der Waals surface area contributed by atoms with Gasteiger partial charge in [-0.25, -0.2) is 4.72 Å². The summed E-state index contributed by atoms with van der Waals surface area (Å²) in [5, 5.41) is 0.916. The summed E-state index contributed by atoms with van der Waals surface area (Å²) in [7, 11) is -3.28. The molecular formula is C10H18BrN3O3S. The highest BCUT2D eigenvalue weighted by Crippen LogP contribution is 2.19. The minimum absolute atomic E-state index is 0.0936. The van der Waals surface area contributed by atoms with Crippen molar-refractivity contribution in [2.45, 2.75) is 25.3 Å². The number of nitrogens with zero attached hydrogens (tertiary/aromatic N) is 2. The third-order valence-corrected chi connectivity index (χ3v) is 5.56. The second-order valence-electron chi connectivity index (χ2n) is 4.60. The molecule has 104 valence electrons. The first kappa shape index (κ1) is 14.2. The van der Waals surface area contributed by atoms with Crippen LogP contribution >= 0.6 is 15.9 Å². The maximum atomic E-state index is 11.9. The van der Waals surface area contributed by atoms with Gasteiger partial charge in [-0.05, 0) is 12.8 Å². The highest BCUT2D eigenvalue weighted by molar-refractivity contribution is 9.09. The smallest absolute Gasteiger partial charge is 0.279 e. The van der Waals surface area contributed by atoms with Crippen molar-refractivity contribution in [1.29, 1.82) is 0 Å². The molecule has 2 saturated heterocycles. The summed E-state index contributed by atoms with van der Waals surface area (Å²) in [4.78, 5) is 13.7. The number of unbranched alkanes of at least 4 members (excludes halogenated alkanes) is 1. The largest absolute Gasteiger partial charge is 0.340 e. The number of alkyl halides is 1. The van der Waals surface area contributed by atoms with Gasteiger partial charge in [0.1, 0.15) is 0 Å². The van der Waals surface area contributed by atoms with Crippen molar-refractivity contribution < 1.29 is 13.2 Å². The Kier molecular flexibility index (Phi) is 4.63. The van der Waals surface area contributed by atoms with Crippen molar-refractivity contribution in [1.82, 2.24) is 13.9 Å². The standard InChI is InChI=1S/C10H18BrN3O3S/c11-4-2-1-3-10(15)13-5-6-14-9(8-13)7-12-18(14,16)17/h9,12H,1-8H2. The van der Waals surface area contributed by atoms with E-state index in [1.165, 1.54) is 4.31 Å². The van der Waals surface area contributed by atoms with Crippen LogP contribution in [0, 0.1) is 0 Å². The Balaban J connectivity index is 1.87. The highest BCUT2D eigenvalue weighted by Gasteiger charge is 2.41. The normalized spacial score (nSPS) is 27.2. The molecule has 1 unspecified atom stereocenters. The molecule has 6 nitrogen and oxygen atoms in total. The van der Waals surface area contributed by atoms with Crippen LogP contribution in [-0.4, -0.2) is 61.1 Å². The summed E-state index contributed by atoms with van der Waals surface area (Å²) in [5.41, 5.74) is 0. The summed E-state index contributed by atoms with van der Waals surface area (Å²) >= 11 is 3.34. The van der Waals surface area contributed by atoms with Gasteiger partial charge in [-0.2, -0.15) is 12.7 Å². The second-order valence-corrected chi connectivity index (χ2v) is 7.10. The topological polar surface area (TPSA) is 69.7 Å². The number of piperazine rings is 1. The second kappa shape index (κ2) is 5.85. The molecular weight excluding hydrogens is 322 g/mol. The Hall–Kier alpha value is -0.180. The number of nitrogens with one attached hydrogen (secondary N) is 1. The number of rotatable bonds is 4. The summed E-state index contributed by atoms with van der Waals surface area (Å²) in [5.74, 6) is 0.139. The fourth-order valence-electron chi connectivity index (χ4n) is 2.36. The number of hydrogen-bond donors (Lipinski definition) is 1. The average molecular weight is 340 g/mol. The number of fused-ring (bicyclic) bond motifs is 1. The van der Waals surface area contributed by atoms with Crippen LogP contribution in [0.15, 0.2) is 0 Å². The van der Waals surface area contributed by atoms with Crippen LogP contribution in [0.25, 0.3) is 0 Å². The van der Waals surface area contributed by atoms with E-state index in [2.05, 4.69) is 20.7 Å². The van der Waals surface area contributed by atoms with Crippen molar-refractivity contribution in [2.24, 2.45) is 0 Å². The molecule has 2 heterocycles. The van der Waals surface area contributed by atoms with E-state index in [0.29, 0.717) is 32.6 Å². The van der Waals surface area contributed by atoms with E-state index in [4.69, 9.17) is 0 Å². The molecule has 18 heavy (non-hydrogen) atoms. The van der Waals surface area contributed by atoms with Gasteiger partial charge in [0.25, 0.3) is 10.2 Å². The lowest BCUT2D eigenvalue weighted by Gasteiger charge is -2.35. The first-order chi connectivity index (χ1) is 8.54. The zero-order valence-electron chi connectivity index (χ0n) is 10.1. The zero-order valence-corrected chi connectivity index (χ0v) is 12.5. The van der Waals surface area contributed by atoms with Crippen LogP contribution in [0.4, 0.5) is 0 Å². The Morgan fingerprint density at radius 2 is 2.11 bits per heavy atom. The molecule has 2 rings (SSSR count). The number of hydrogen-bond acceptors (Lipinski definition) is 3. The molecule has 1 amide bonds. The molecule has 0 bridgehead atoms. The van der Waals surface area contributed by atoms with E-state index in [1.807, 2.05) is 0 Å². The number of halogens is 1. The van der Waals surface area contributed by atoms with Gasteiger partial charge in [-0.1, -0.05) is 15.9 Å². The molecule has 2 fully saturated rings. The lowest BCUT2D eigenvalue weighted by Crippen LogP contribution is -2.53. The van der Waals surface area contributed by atoms with E-state index < -0.39 is 10.2 Å². The van der Waals surface area contributed by atoms with Gasteiger partial charge < -0.3 is 4.90 Å².